The molecule has 0 unspecified atom stereocenters. The van der Waals surface area contributed by atoms with Crippen LogP contribution < -0.4 is 9.80 Å². The van der Waals surface area contributed by atoms with Crippen molar-refractivity contribution in [2.75, 3.05) is 37.0 Å². The van der Waals surface area contributed by atoms with Gasteiger partial charge in [0.25, 0.3) is 5.89 Å². The van der Waals surface area contributed by atoms with Gasteiger partial charge in [-0.1, -0.05) is 0 Å². The van der Waals surface area contributed by atoms with E-state index >= 15 is 0 Å². The van der Waals surface area contributed by atoms with E-state index in [0.29, 0.717) is 29.2 Å². The van der Waals surface area contributed by atoms with Crippen molar-refractivity contribution in [1.82, 2.24) is 20.1 Å². The molecule has 2 aromatic heterocycles. The minimum Gasteiger partial charge on any atom is -0.415 e. The number of rotatable bonds is 8. The molecular weight excluding hydrogens is 449 g/mol. The molecule has 1 aliphatic rings. The number of carbonyl (C=O) groups is 1. The number of amides is 1. The number of anilines is 2. The van der Waals surface area contributed by atoms with Gasteiger partial charge in [0, 0.05) is 19.3 Å². The lowest BCUT2D eigenvalue weighted by molar-refractivity contribution is -0.108. The molecule has 0 aliphatic carbocycles. The van der Waals surface area contributed by atoms with Crippen molar-refractivity contribution >= 4 is 17.8 Å². The Hall–Kier alpha value is -3.47. The molecule has 1 saturated heterocycles. The van der Waals surface area contributed by atoms with E-state index in [0.717, 1.165) is 32.3 Å². The molecule has 0 N–H and O–H groups in total. The highest BCUT2D eigenvalue weighted by Gasteiger charge is 2.26. The van der Waals surface area contributed by atoms with E-state index in [2.05, 4.69) is 20.1 Å². The number of alkyl halides is 2. The Morgan fingerprint density at radius 1 is 1.18 bits per heavy atom. The van der Waals surface area contributed by atoms with Gasteiger partial charge in [0.1, 0.15) is 5.82 Å². The number of halogens is 3. The maximum Gasteiger partial charge on any atom is 0.314 e. The second-order valence-corrected chi connectivity index (χ2v) is 8.32. The number of hydrogen-bond donors (Lipinski definition) is 0. The number of aromatic nitrogens is 3. The number of piperidine rings is 1. The van der Waals surface area contributed by atoms with Gasteiger partial charge in [-0.3, -0.25) is 9.78 Å². The Morgan fingerprint density at radius 2 is 1.94 bits per heavy atom. The summed E-state index contributed by atoms with van der Waals surface area (Å²) in [5.41, 5.74) is 2.25. The molecule has 34 heavy (non-hydrogen) atoms. The summed E-state index contributed by atoms with van der Waals surface area (Å²) in [5.74, 6) is -1.20. The summed E-state index contributed by atoms with van der Waals surface area (Å²) in [7, 11) is 3.84. The van der Waals surface area contributed by atoms with Crippen molar-refractivity contribution in [3.05, 3.63) is 53.9 Å². The lowest BCUT2D eigenvalue weighted by atomic mass is 10.0. The Balaban J connectivity index is 1.53. The molecule has 0 spiro atoms. The van der Waals surface area contributed by atoms with E-state index in [1.807, 2.05) is 11.9 Å². The third-order valence-corrected chi connectivity index (χ3v) is 5.92. The predicted molar refractivity (Wildman–Crippen MR) is 120 cm³/mol. The topological polar surface area (TPSA) is 78.6 Å². The summed E-state index contributed by atoms with van der Waals surface area (Å²) in [6.45, 7) is 2.09. The quantitative estimate of drug-likeness (QED) is 0.458. The van der Waals surface area contributed by atoms with Crippen LogP contribution in [0.25, 0.3) is 11.5 Å². The summed E-state index contributed by atoms with van der Waals surface area (Å²) in [6, 6.07) is 7.76. The molecule has 3 aromatic rings. The highest BCUT2D eigenvalue weighted by atomic mass is 19.3. The number of hydrogen-bond acceptors (Lipinski definition) is 7. The highest BCUT2D eigenvalue weighted by molar-refractivity contribution is 5.84. The average Bonchev–Trinajstić information content (AvgIpc) is 3.33. The first-order valence-corrected chi connectivity index (χ1v) is 10.9. The fourth-order valence-electron chi connectivity index (χ4n) is 4.05. The Morgan fingerprint density at radius 3 is 2.56 bits per heavy atom. The summed E-state index contributed by atoms with van der Waals surface area (Å²) >= 11 is 0. The normalized spacial score (nSPS) is 15.0. The molecule has 0 atom stereocenters. The first-order valence-electron chi connectivity index (χ1n) is 10.9. The summed E-state index contributed by atoms with van der Waals surface area (Å²) in [6.07, 6.45) is 1.09. The van der Waals surface area contributed by atoms with E-state index in [-0.39, 0.29) is 11.9 Å². The van der Waals surface area contributed by atoms with Crippen molar-refractivity contribution in [2.45, 2.75) is 31.9 Å². The molecule has 1 aromatic carbocycles. The lowest BCUT2D eigenvalue weighted by Crippen LogP contribution is -2.43. The zero-order chi connectivity index (χ0) is 24.2. The maximum absolute atomic E-state index is 14.2. The molecule has 0 radical (unpaired) electrons. The predicted octanol–water partition coefficient (Wildman–Crippen LogP) is 3.90. The van der Waals surface area contributed by atoms with Crippen molar-refractivity contribution in [1.29, 1.82) is 0 Å². The molecule has 0 bridgehead atoms. The Labute approximate surface area is 195 Å². The summed E-state index contributed by atoms with van der Waals surface area (Å²) < 4.78 is 44.5. The van der Waals surface area contributed by atoms with Crippen LogP contribution in [-0.2, 0) is 11.3 Å². The lowest BCUT2D eigenvalue weighted by Gasteiger charge is -2.37. The van der Waals surface area contributed by atoms with Gasteiger partial charge in [-0.05, 0) is 63.3 Å². The molecule has 1 fully saturated rings. The summed E-state index contributed by atoms with van der Waals surface area (Å²) in [4.78, 5) is 22.1. The van der Waals surface area contributed by atoms with Gasteiger partial charge in [0.2, 0.25) is 12.3 Å². The number of nitrogens with zero attached hydrogens (tertiary/aromatic N) is 6. The van der Waals surface area contributed by atoms with Crippen LogP contribution in [0.2, 0.25) is 0 Å². The van der Waals surface area contributed by atoms with E-state index in [9.17, 15) is 18.0 Å². The molecular formula is C23H25F3N6O2. The maximum atomic E-state index is 14.2. The molecule has 4 rings (SSSR count). The van der Waals surface area contributed by atoms with E-state index in [1.165, 1.54) is 18.3 Å². The Kier molecular flexibility index (Phi) is 7.11. The molecule has 3 heterocycles. The second kappa shape index (κ2) is 10.2. The number of benzene rings is 1. The van der Waals surface area contributed by atoms with Gasteiger partial charge in [-0.15, -0.1) is 10.2 Å². The largest absolute Gasteiger partial charge is 0.415 e. The number of pyridine rings is 1. The summed E-state index contributed by atoms with van der Waals surface area (Å²) in [5, 5.41) is 6.93. The monoisotopic (exact) mass is 474 g/mol. The third kappa shape index (κ3) is 5.19. The molecule has 8 nitrogen and oxygen atoms in total. The SMILES string of the molecule is CN1CCC(N(C=O)c2ccc(F)cc2N(C)Cc2ccc(-c3nnc(C(F)F)o3)cn2)CC1. The van der Waals surface area contributed by atoms with Crippen LogP contribution in [0.5, 0.6) is 0 Å². The Bertz CT molecular complexity index is 1120. The van der Waals surface area contributed by atoms with Crippen molar-refractivity contribution in [3.8, 4) is 11.5 Å². The molecule has 11 heteroatoms. The second-order valence-electron chi connectivity index (χ2n) is 8.32. The minimum atomic E-state index is -2.84. The van der Waals surface area contributed by atoms with Crippen LogP contribution in [0.1, 0.15) is 30.9 Å². The van der Waals surface area contributed by atoms with Crippen LogP contribution in [-0.4, -0.2) is 59.7 Å². The minimum absolute atomic E-state index is 0.0382. The van der Waals surface area contributed by atoms with Crippen molar-refractivity contribution < 1.29 is 22.4 Å². The van der Waals surface area contributed by atoms with Gasteiger partial charge in [-0.2, -0.15) is 8.78 Å². The van der Waals surface area contributed by atoms with Crippen molar-refractivity contribution in [2.24, 2.45) is 0 Å². The van der Waals surface area contributed by atoms with Gasteiger partial charge in [0.05, 0.1) is 29.2 Å². The van der Waals surface area contributed by atoms with Crippen LogP contribution in [0, 0.1) is 5.82 Å². The molecule has 0 saturated carbocycles. The fourth-order valence-corrected chi connectivity index (χ4v) is 4.05. The van der Waals surface area contributed by atoms with Crippen LogP contribution in [0.4, 0.5) is 24.5 Å². The van der Waals surface area contributed by atoms with Crippen LogP contribution in [0.3, 0.4) is 0 Å². The molecule has 180 valence electrons. The first-order chi connectivity index (χ1) is 16.4. The van der Waals surface area contributed by atoms with Crippen molar-refractivity contribution in [3.63, 3.8) is 0 Å². The van der Waals surface area contributed by atoms with Gasteiger partial charge >= 0.3 is 6.43 Å². The number of carbonyl (C=O) groups excluding carboxylic acids is 1. The standard InChI is InChI=1S/C23H25F3N6O2/c1-30-9-7-18(8-10-30)32(14-33)19-6-4-16(24)11-20(19)31(2)13-17-5-3-15(12-27-17)22-28-29-23(34-22)21(25)26/h3-6,11-12,14,18,21H,7-10,13H2,1-2H3. The van der Waals surface area contributed by atoms with Crippen LogP contribution >= 0.6 is 0 Å². The smallest absolute Gasteiger partial charge is 0.314 e. The van der Waals surface area contributed by atoms with E-state index < -0.39 is 18.1 Å². The zero-order valence-electron chi connectivity index (χ0n) is 18.9. The third-order valence-electron chi connectivity index (χ3n) is 5.92. The molecule has 1 aliphatic heterocycles. The van der Waals surface area contributed by atoms with Gasteiger partial charge < -0.3 is 19.1 Å². The number of likely N-dealkylation sites (tertiary alicyclic amines) is 1. The van der Waals surface area contributed by atoms with E-state index in [1.54, 1.807) is 30.1 Å². The fraction of sp³-hybridized carbons (Fsp3) is 0.391. The average molecular weight is 474 g/mol. The van der Waals surface area contributed by atoms with Gasteiger partial charge in [-0.25, -0.2) is 4.39 Å². The molecule has 1 amide bonds. The highest BCUT2D eigenvalue weighted by Crippen LogP contribution is 2.33. The van der Waals surface area contributed by atoms with E-state index in [4.69, 9.17) is 4.42 Å². The van der Waals surface area contributed by atoms with Crippen LogP contribution in [0.15, 0.2) is 40.9 Å². The first kappa shape index (κ1) is 23.7. The zero-order valence-corrected chi connectivity index (χ0v) is 18.9. The van der Waals surface area contributed by atoms with Gasteiger partial charge in [0.15, 0.2) is 0 Å².